The van der Waals surface area contributed by atoms with E-state index in [4.69, 9.17) is 11.6 Å². The summed E-state index contributed by atoms with van der Waals surface area (Å²) in [7, 11) is 0. The van der Waals surface area contributed by atoms with Crippen LogP contribution in [-0.4, -0.2) is 30.1 Å². The number of benzene rings is 1. The molecule has 6 heteroatoms. The molecule has 0 atom stereocenters. The summed E-state index contributed by atoms with van der Waals surface area (Å²) >= 11 is 5.94. The van der Waals surface area contributed by atoms with Crippen LogP contribution in [0.4, 0.5) is 11.4 Å². The van der Waals surface area contributed by atoms with E-state index in [1.54, 1.807) is 6.07 Å². The van der Waals surface area contributed by atoms with E-state index in [0.29, 0.717) is 10.7 Å². The minimum atomic E-state index is -0.320. The molecule has 114 valence electrons. The molecule has 1 saturated carbocycles. The van der Waals surface area contributed by atoms with Crippen LogP contribution in [0.5, 0.6) is 0 Å². The van der Waals surface area contributed by atoms with E-state index in [-0.39, 0.29) is 16.1 Å². The Morgan fingerprint density at radius 1 is 1.29 bits per heavy atom. The number of anilines is 1. The largest absolute Gasteiger partial charge is 0.358 e. The first-order chi connectivity index (χ1) is 10.1. The van der Waals surface area contributed by atoms with Gasteiger partial charge in [-0.2, -0.15) is 0 Å². The number of hydrogen-bond acceptors (Lipinski definition) is 4. The van der Waals surface area contributed by atoms with Gasteiger partial charge in [0.15, 0.2) is 0 Å². The van der Waals surface area contributed by atoms with Crippen molar-refractivity contribution in [2.75, 3.05) is 24.5 Å². The number of nitrogens with zero attached hydrogens (tertiary/aromatic N) is 2. The standard InChI is InChI=1S/C15H20ClN3O2/c16-12-4-5-13(14(10-12)19(20)21)18-9-8-17-11-15(18)6-2-1-3-7-15/h4-5,10,17H,1-3,6-9,11H2. The molecule has 2 fully saturated rings. The van der Waals surface area contributed by atoms with Gasteiger partial charge in [0.2, 0.25) is 0 Å². The van der Waals surface area contributed by atoms with Gasteiger partial charge in [-0.15, -0.1) is 0 Å². The van der Waals surface area contributed by atoms with Gasteiger partial charge in [-0.1, -0.05) is 30.9 Å². The van der Waals surface area contributed by atoms with Gasteiger partial charge >= 0.3 is 0 Å². The molecule has 0 bridgehead atoms. The highest BCUT2D eigenvalue weighted by atomic mass is 35.5. The third-order valence-corrected chi connectivity index (χ3v) is 4.98. The van der Waals surface area contributed by atoms with Crippen LogP contribution in [0.1, 0.15) is 32.1 Å². The Kier molecular flexibility index (Phi) is 4.04. The van der Waals surface area contributed by atoms with Crippen LogP contribution in [0, 0.1) is 10.1 Å². The van der Waals surface area contributed by atoms with Crippen LogP contribution in [0.2, 0.25) is 5.02 Å². The zero-order valence-electron chi connectivity index (χ0n) is 12.0. The first-order valence-corrected chi connectivity index (χ1v) is 7.92. The van der Waals surface area contributed by atoms with E-state index in [1.807, 2.05) is 6.07 Å². The van der Waals surface area contributed by atoms with E-state index >= 15 is 0 Å². The topological polar surface area (TPSA) is 58.4 Å². The van der Waals surface area contributed by atoms with Crippen LogP contribution >= 0.6 is 11.6 Å². The van der Waals surface area contributed by atoms with Crippen LogP contribution in [0.25, 0.3) is 0 Å². The van der Waals surface area contributed by atoms with Crippen molar-refractivity contribution in [1.29, 1.82) is 0 Å². The Hall–Kier alpha value is -1.33. The lowest BCUT2D eigenvalue weighted by molar-refractivity contribution is -0.384. The predicted molar refractivity (Wildman–Crippen MR) is 84.1 cm³/mol. The quantitative estimate of drug-likeness (QED) is 0.672. The fourth-order valence-corrected chi connectivity index (χ4v) is 3.91. The zero-order valence-corrected chi connectivity index (χ0v) is 12.7. The van der Waals surface area contributed by atoms with E-state index in [2.05, 4.69) is 10.2 Å². The monoisotopic (exact) mass is 309 g/mol. The van der Waals surface area contributed by atoms with Crippen molar-refractivity contribution in [3.05, 3.63) is 33.3 Å². The maximum atomic E-state index is 11.4. The molecule has 1 aromatic rings. The van der Waals surface area contributed by atoms with Crippen LogP contribution < -0.4 is 10.2 Å². The van der Waals surface area contributed by atoms with E-state index in [1.165, 1.54) is 25.3 Å². The Morgan fingerprint density at radius 2 is 2.05 bits per heavy atom. The molecule has 5 nitrogen and oxygen atoms in total. The molecule has 0 aromatic heterocycles. The smallest absolute Gasteiger partial charge is 0.294 e. The molecule has 21 heavy (non-hydrogen) atoms. The van der Waals surface area contributed by atoms with E-state index in [9.17, 15) is 10.1 Å². The molecule has 1 saturated heterocycles. The molecule has 1 heterocycles. The molecule has 1 aliphatic carbocycles. The van der Waals surface area contributed by atoms with Gasteiger partial charge in [-0.3, -0.25) is 10.1 Å². The maximum Gasteiger partial charge on any atom is 0.294 e. The minimum absolute atomic E-state index is 0.0229. The molecule has 0 radical (unpaired) electrons. The number of rotatable bonds is 2. The maximum absolute atomic E-state index is 11.4. The van der Waals surface area contributed by atoms with Crippen molar-refractivity contribution in [3.63, 3.8) is 0 Å². The fourth-order valence-electron chi connectivity index (χ4n) is 3.75. The predicted octanol–water partition coefficient (Wildman–Crippen LogP) is 3.36. The van der Waals surface area contributed by atoms with Gasteiger partial charge in [-0.25, -0.2) is 0 Å². The molecular weight excluding hydrogens is 290 g/mol. The summed E-state index contributed by atoms with van der Waals surface area (Å²) in [6.07, 6.45) is 5.84. The normalized spacial score (nSPS) is 21.5. The first-order valence-electron chi connectivity index (χ1n) is 7.55. The summed E-state index contributed by atoms with van der Waals surface area (Å²) in [4.78, 5) is 13.3. The third kappa shape index (κ3) is 2.72. The third-order valence-electron chi connectivity index (χ3n) is 4.75. The van der Waals surface area contributed by atoms with Crippen molar-refractivity contribution >= 4 is 23.0 Å². The van der Waals surface area contributed by atoms with Gasteiger partial charge in [0.25, 0.3) is 5.69 Å². The van der Waals surface area contributed by atoms with Crippen LogP contribution in [0.15, 0.2) is 18.2 Å². The van der Waals surface area contributed by atoms with Crippen molar-refractivity contribution in [3.8, 4) is 0 Å². The number of nitro benzene ring substituents is 1. The second-order valence-electron chi connectivity index (χ2n) is 6.00. The van der Waals surface area contributed by atoms with Gasteiger partial charge in [0.1, 0.15) is 5.69 Å². The molecule has 3 rings (SSSR count). The molecule has 2 aliphatic rings. The second-order valence-corrected chi connectivity index (χ2v) is 6.44. The summed E-state index contributed by atoms with van der Waals surface area (Å²) < 4.78 is 0. The van der Waals surface area contributed by atoms with Crippen molar-refractivity contribution in [1.82, 2.24) is 5.32 Å². The number of nitro groups is 1. The van der Waals surface area contributed by atoms with Gasteiger partial charge in [0, 0.05) is 30.7 Å². The molecule has 1 spiro atoms. The first kappa shape index (κ1) is 14.6. The summed E-state index contributed by atoms with van der Waals surface area (Å²) in [5.74, 6) is 0. The lowest BCUT2D eigenvalue weighted by Crippen LogP contribution is -2.62. The average molecular weight is 310 g/mol. The van der Waals surface area contributed by atoms with Gasteiger partial charge in [-0.05, 0) is 25.0 Å². The Bertz CT molecular complexity index is 535. The molecular formula is C15H20ClN3O2. The second kappa shape index (κ2) is 5.81. The molecule has 0 amide bonds. The molecule has 1 aliphatic heterocycles. The highest BCUT2D eigenvalue weighted by Crippen LogP contribution is 2.41. The minimum Gasteiger partial charge on any atom is -0.358 e. The SMILES string of the molecule is O=[N+]([O-])c1cc(Cl)ccc1N1CCNCC12CCCCC2. The number of piperazine rings is 1. The average Bonchev–Trinajstić information content (AvgIpc) is 2.49. The van der Waals surface area contributed by atoms with E-state index in [0.717, 1.165) is 32.5 Å². The number of hydrogen-bond donors (Lipinski definition) is 1. The number of nitrogens with one attached hydrogen (secondary N) is 1. The summed E-state index contributed by atoms with van der Waals surface area (Å²) in [6.45, 7) is 2.58. The lowest BCUT2D eigenvalue weighted by atomic mass is 9.78. The Labute approximate surface area is 129 Å². The van der Waals surface area contributed by atoms with Crippen molar-refractivity contribution in [2.45, 2.75) is 37.6 Å². The molecule has 1 N–H and O–H groups in total. The Balaban J connectivity index is 2.02. The van der Waals surface area contributed by atoms with Gasteiger partial charge < -0.3 is 10.2 Å². The van der Waals surface area contributed by atoms with Gasteiger partial charge in [0.05, 0.1) is 10.5 Å². The Morgan fingerprint density at radius 3 is 2.76 bits per heavy atom. The summed E-state index contributed by atoms with van der Waals surface area (Å²) in [6, 6.07) is 5.03. The highest BCUT2D eigenvalue weighted by molar-refractivity contribution is 6.30. The summed E-state index contributed by atoms with van der Waals surface area (Å²) in [5.41, 5.74) is 0.858. The van der Waals surface area contributed by atoms with Crippen LogP contribution in [-0.2, 0) is 0 Å². The highest BCUT2D eigenvalue weighted by Gasteiger charge is 2.41. The molecule has 0 unspecified atom stereocenters. The van der Waals surface area contributed by atoms with E-state index < -0.39 is 0 Å². The van der Waals surface area contributed by atoms with Crippen LogP contribution in [0.3, 0.4) is 0 Å². The number of halogens is 1. The lowest BCUT2D eigenvalue weighted by Gasteiger charge is -2.50. The van der Waals surface area contributed by atoms with Crippen molar-refractivity contribution in [2.24, 2.45) is 0 Å². The zero-order chi connectivity index (χ0) is 14.9. The fraction of sp³-hybridized carbons (Fsp3) is 0.600. The van der Waals surface area contributed by atoms with Crippen molar-refractivity contribution < 1.29 is 4.92 Å². The summed E-state index contributed by atoms with van der Waals surface area (Å²) in [5, 5.41) is 15.3. The molecule has 1 aromatic carbocycles.